The van der Waals surface area contributed by atoms with Gasteiger partial charge in [0.05, 0.1) is 10.6 Å². The van der Waals surface area contributed by atoms with Crippen molar-refractivity contribution in [1.29, 1.82) is 0 Å². The van der Waals surface area contributed by atoms with Crippen LogP contribution in [-0.4, -0.2) is 10.9 Å². The first-order valence-electron chi connectivity index (χ1n) is 6.00. The number of halogens is 1. The summed E-state index contributed by atoms with van der Waals surface area (Å²) < 4.78 is 0.855. The lowest BCUT2D eigenvalue weighted by Crippen LogP contribution is -2.17. The highest BCUT2D eigenvalue weighted by Crippen LogP contribution is 2.24. The molecule has 3 N–H and O–H groups in total. The molecule has 3 nitrogen and oxygen atoms in total. The van der Waals surface area contributed by atoms with Crippen molar-refractivity contribution >= 4 is 56.1 Å². The summed E-state index contributed by atoms with van der Waals surface area (Å²) in [4.78, 5) is 14.3. The van der Waals surface area contributed by atoms with Crippen LogP contribution in [0.1, 0.15) is 27.0 Å². The topological polar surface area (TPSA) is 55.1 Å². The minimum absolute atomic E-state index is 0.148. The van der Waals surface area contributed by atoms with Gasteiger partial charge in [-0.1, -0.05) is 35.1 Å². The molecule has 0 saturated carbocycles. The molecule has 2 rings (SSSR count). The van der Waals surface area contributed by atoms with Crippen molar-refractivity contribution in [2.24, 2.45) is 5.73 Å². The smallest absolute Gasteiger partial charge is 0.265 e. The number of hydrogen-bond acceptors (Lipinski definition) is 3. The van der Waals surface area contributed by atoms with E-state index < -0.39 is 0 Å². The van der Waals surface area contributed by atoms with Crippen LogP contribution in [-0.2, 0) is 6.42 Å². The summed E-state index contributed by atoms with van der Waals surface area (Å²) in [6, 6.07) is 9.21. The summed E-state index contributed by atoms with van der Waals surface area (Å²) in [5.74, 6) is -0.148. The fourth-order valence-electron chi connectivity index (χ4n) is 1.71. The number of carbonyl (C=O) groups is 1. The Balaban J connectivity index is 2.27. The molecule has 104 valence electrons. The Bertz CT molecular complexity index is 667. The number of thiophene rings is 1. The Morgan fingerprint density at radius 3 is 2.75 bits per heavy atom. The van der Waals surface area contributed by atoms with E-state index in [4.69, 9.17) is 18.0 Å². The van der Waals surface area contributed by atoms with Gasteiger partial charge in [-0.15, -0.1) is 11.3 Å². The zero-order chi connectivity index (χ0) is 14.7. The number of benzene rings is 1. The predicted octanol–water partition coefficient (Wildman–Crippen LogP) is 3.96. The SMILES string of the molecule is CCc1ccc(C(=O)Nc2cc(Br)ccc2C(N)=S)s1. The molecule has 0 aliphatic carbocycles. The van der Waals surface area contributed by atoms with Crippen molar-refractivity contribution in [3.8, 4) is 0 Å². The molecule has 0 spiro atoms. The summed E-state index contributed by atoms with van der Waals surface area (Å²) in [6.45, 7) is 2.06. The molecule has 1 heterocycles. The molecular weight excluding hydrogens is 356 g/mol. The number of thiocarbonyl (C=S) groups is 1. The summed E-state index contributed by atoms with van der Waals surface area (Å²) in [6.07, 6.45) is 0.924. The number of anilines is 1. The Labute approximate surface area is 135 Å². The first-order chi connectivity index (χ1) is 9.51. The maximum Gasteiger partial charge on any atom is 0.265 e. The lowest BCUT2D eigenvalue weighted by Gasteiger charge is -2.10. The monoisotopic (exact) mass is 368 g/mol. The number of carbonyl (C=O) groups excluding carboxylic acids is 1. The number of nitrogens with two attached hydrogens (primary N) is 1. The van der Waals surface area contributed by atoms with Crippen LogP contribution in [0.5, 0.6) is 0 Å². The average Bonchev–Trinajstić information content (AvgIpc) is 2.87. The molecule has 0 radical (unpaired) electrons. The van der Waals surface area contributed by atoms with Gasteiger partial charge in [0.15, 0.2) is 0 Å². The van der Waals surface area contributed by atoms with Gasteiger partial charge in [-0.25, -0.2) is 0 Å². The molecule has 1 amide bonds. The highest BCUT2D eigenvalue weighted by atomic mass is 79.9. The van der Waals surface area contributed by atoms with E-state index in [1.165, 1.54) is 16.2 Å². The van der Waals surface area contributed by atoms with Crippen LogP contribution in [0.25, 0.3) is 0 Å². The van der Waals surface area contributed by atoms with E-state index in [-0.39, 0.29) is 10.9 Å². The third-order valence-electron chi connectivity index (χ3n) is 2.73. The third kappa shape index (κ3) is 3.45. The van der Waals surface area contributed by atoms with Crippen molar-refractivity contribution in [1.82, 2.24) is 0 Å². The van der Waals surface area contributed by atoms with Gasteiger partial charge < -0.3 is 11.1 Å². The predicted molar refractivity (Wildman–Crippen MR) is 91.7 cm³/mol. The highest BCUT2D eigenvalue weighted by molar-refractivity contribution is 9.10. The van der Waals surface area contributed by atoms with Crippen LogP contribution < -0.4 is 11.1 Å². The van der Waals surface area contributed by atoms with E-state index in [2.05, 4.69) is 28.2 Å². The maximum absolute atomic E-state index is 12.2. The molecule has 20 heavy (non-hydrogen) atoms. The summed E-state index contributed by atoms with van der Waals surface area (Å²) in [7, 11) is 0. The van der Waals surface area contributed by atoms with Crippen molar-refractivity contribution in [2.75, 3.05) is 5.32 Å². The number of aryl methyl sites for hydroxylation is 1. The molecule has 0 atom stereocenters. The van der Waals surface area contributed by atoms with Gasteiger partial charge in [0.1, 0.15) is 4.99 Å². The van der Waals surface area contributed by atoms with Gasteiger partial charge in [0.25, 0.3) is 5.91 Å². The van der Waals surface area contributed by atoms with Crippen molar-refractivity contribution in [3.05, 3.63) is 50.1 Å². The van der Waals surface area contributed by atoms with E-state index in [0.29, 0.717) is 16.1 Å². The second kappa shape index (κ2) is 6.47. The molecule has 0 unspecified atom stereocenters. The van der Waals surface area contributed by atoms with E-state index in [0.717, 1.165) is 10.9 Å². The zero-order valence-electron chi connectivity index (χ0n) is 10.8. The van der Waals surface area contributed by atoms with Crippen LogP contribution in [0.4, 0.5) is 5.69 Å². The molecule has 6 heteroatoms. The summed E-state index contributed by atoms with van der Waals surface area (Å²) in [5.41, 5.74) is 6.94. The second-order valence-corrected chi connectivity index (χ2v) is 6.65. The number of amides is 1. The number of nitrogens with one attached hydrogen (secondary N) is 1. The Morgan fingerprint density at radius 2 is 2.15 bits per heavy atom. The van der Waals surface area contributed by atoms with Gasteiger partial charge >= 0.3 is 0 Å². The summed E-state index contributed by atoms with van der Waals surface area (Å²) >= 11 is 9.86. The molecule has 0 aliphatic heterocycles. The number of rotatable bonds is 4. The molecule has 1 aromatic heterocycles. The largest absolute Gasteiger partial charge is 0.389 e. The second-order valence-electron chi connectivity index (χ2n) is 4.13. The fourth-order valence-corrected chi connectivity index (χ4v) is 3.09. The highest BCUT2D eigenvalue weighted by Gasteiger charge is 2.13. The Hall–Kier alpha value is -1.24. The fraction of sp³-hybridized carbons (Fsp3) is 0.143. The normalized spacial score (nSPS) is 10.3. The maximum atomic E-state index is 12.2. The standard InChI is InChI=1S/C14H13BrN2OS2/c1-2-9-4-6-12(20-9)14(18)17-11-7-8(15)3-5-10(11)13(16)19/h3-7H,2H2,1H3,(H2,16,19)(H,17,18). The first kappa shape index (κ1) is 15.2. The number of hydrogen-bond donors (Lipinski definition) is 2. The molecule has 0 saturated heterocycles. The minimum Gasteiger partial charge on any atom is -0.389 e. The molecular formula is C14H13BrN2OS2. The van der Waals surface area contributed by atoms with E-state index in [1.807, 2.05) is 18.2 Å². The van der Waals surface area contributed by atoms with Crippen molar-refractivity contribution in [3.63, 3.8) is 0 Å². The Morgan fingerprint density at radius 1 is 1.40 bits per heavy atom. The molecule has 1 aromatic carbocycles. The molecule has 0 fully saturated rings. The van der Waals surface area contributed by atoms with Crippen LogP contribution in [0.2, 0.25) is 0 Å². The van der Waals surface area contributed by atoms with Crippen LogP contribution in [0.15, 0.2) is 34.8 Å². The lowest BCUT2D eigenvalue weighted by molar-refractivity contribution is 0.103. The van der Waals surface area contributed by atoms with E-state index in [1.54, 1.807) is 12.1 Å². The molecule has 0 aliphatic rings. The van der Waals surface area contributed by atoms with Gasteiger partial charge in [0.2, 0.25) is 0 Å². The van der Waals surface area contributed by atoms with Gasteiger partial charge in [-0.05, 0) is 36.8 Å². The average molecular weight is 369 g/mol. The van der Waals surface area contributed by atoms with Gasteiger partial charge in [-0.3, -0.25) is 4.79 Å². The molecule has 0 bridgehead atoms. The van der Waals surface area contributed by atoms with Crippen molar-refractivity contribution in [2.45, 2.75) is 13.3 Å². The quantitative estimate of drug-likeness (QED) is 0.803. The Kier molecular flexibility index (Phi) is 4.91. The van der Waals surface area contributed by atoms with Gasteiger partial charge in [-0.2, -0.15) is 0 Å². The van der Waals surface area contributed by atoms with Crippen LogP contribution >= 0.6 is 39.5 Å². The lowest BCUT2D eigenvalue weighted by atomic mass is 10.1. The van der Waals surface area contributed by atoms with Crippen molar-refractivity contribution < 1.29 is 4.79 Å². The third-order valence-corrected chi connectivity index (χ3v) is 4.67. The van der Waals surface area contributed by atoms with Crippen LogP contribution in [0, 0.1) is 0 Å². The minimum atomic E-state index is -0.148. The van der Waals surface area contributed by atoms with E-state index in [9.17, 15) is 4.79 Å². The zero-order valence-corrected chi connectivity index (χ0v) is 14.0. The molecule has 2 aromatic rings. The van der Waals surface area contributed by atoms with Gasteiger partial charge in [0, 0.05) is 14.9 Å². The summed E-state index contributed by atoms with van der Waals surface area (Å²) in [5, 5.41) is 2.86. The first-order valence-corrected chi connectivity index (χ1v) is 8.02. The van der Waals surface area contributed by atoms with E-state index >= 15 is 0 Å². The van der Waals surface area contributed by atoms with Crippen LogP contribution in [0.3, 0.4) is 0 Å².